The summed E-state index contributed by atoms with van der Waals surface area (Å²) in [7, 11) is 0. The molecular formula is C29H38N10O6S. The smallest absolute Gasteiger partial charge is 0.413 e. The van der Waals surface area contributed by atoms with Gasteiger partial charge < -0.3 is 20.7 Å². The number of tetrazole rings is 1. The molecule has 3 heterocycles. The van der Waals surface area contributed by atoms with Crippen molar-refractivity contribution in [2.24, 2.45) is 5.92 Å². The predicted octanol–water partition coefficient (Wildman–Crippen LogP) is 1.47. The molecule has 3 aromatic rings. The average molecular weight is 655 g/mol. The molecule has 0 saturated heterocycles. The highest BCUT2D eigenvalue weighted by Crippen LogP contribution is 2.32. The van der Waals surface area contributed by atoms with Crippen LogP contribution in [-0.2, 0) is 43.3 Å². The van der Waals surface area contributed by atoms with Gasteiger partial charge in [-0.1, -0.05) is 43.7 Å². The van der Waals surface area contributed by atoms with Gasteiger partial charge in [-0.3, -0.25) is 29.4 Å². The second-order valence-electron chi connectivity index (χ2n) is 11.8. The molecule has 1 aliphatic heterocycles. The van der Waals surface area contributed by atoms with E-state index in [9.17, 15) is 24.0 Å². The fraction of sp³-hybridized carbons (Fsp3) is 0.483. The van der Waals surface area contributed by atoms with E-state index in [1.807, 2.05) is 26.0 Å². The van der Waals surface area contributed by atoms with Gasteiger partial charge in [0, 0.05) is 17.5 Å². The van der Waals surface area contributed by atoms with Gasteiger partial charge in [-0.2, -0.15) is 5.21 Å². The van der Waals surface area contributed by atoms with Crippen LogP contribution in [0.2, 0.25) is 0 Å². The zero-order chi connectivity index (χ0) is 33.4. The highest BCUT2D eigenvalue weighted by atomic mass is 32.1. The molecule has 4 rings (SSSR count). The van der Waals surface area contributed by atoms with E-state index in [1.165, 1.54) is 4.90 Å². The van der Waals surface area contributed by atoms with Crippen LogP contribution in [0.25, 0.3) is 0 Å². The molecule has 17 heteroatoms. The summed E-state index contributed by atoms with van der Waals surface area (Å²) in [4.78, 5) is 70.5. The van der Waals surface area contributed by atoms with Crippen LogP contribution in [-0.4, -0.2) is 79.6 Å². The second-order valence-corrected chi connectivity index (χ2v) is 12.6. The highest BCUT2D eigenvalue weighted by molar-refractivity contribution is 7.13. The number of nitrogens with one attached hydrogen (secondary N) is 5. The number of anilines is 2. The topological polar surface area (TPSA) is 213 Å². The highest BCUT2D eigenvalue weighted by Gasteiger charge is 2.38. The van der Waals surface area contributed by atoms with E-state index >= 15 is 0 Å². The summed E-state index contributed by atoms with van der Waals surface area (Å²) in [6, 6.07) is 5.41. The van der Waals surface area contributed by atoms with Crippen LogP contribution >= 0.6 is 11.3 Å². The third-order valence-corrected chi connectivity index (χ3v) is 7.89. The van der Waals surface area contributed by atoms with Crippen molar-refractivity contribution in [2.75, 3.05) is 16.8 Å². The van der Waals surface area contributed by atoms with Crippen LogP contribution in [0, 0.1) is 5.92 Å². The number of benzene rings is 1. The molecule has 5 N–H and O–H groups in total. The number of ether oxygens (including phenoxy) is 1. The standard InChI is InChI=1S/C29H38N10O6S/c1-6-16(2)24(33-22(40)12-18-15-46-27(32-18)34-28(44)45-29(3,4)5)26(43)31-14-23(41)39-19-10-8-7-9-17(19)11-20(39)25(42)30-13-21-35-37-38-36-21/h7-10,15-16,20,24H,6,11-14H2,1-5H3,(H,30,42)(H,31,43)(H,33,40)(H,32,34,44)(H,35,36,37,38)/t16-,20-,24-/m0/s1. The molecule has 0 spiro atoms. The zero-order valence-electron chi connectivity index (χ0n) is 26.2. The van der Waals surface area contributed by atoms with Crippen molar-refractivity contribution < 1.29 is 28.7 Å². The van der Waals surface area contributed by atoms with E-state index in [1.54, 1.807) is 38.3 Å². The van der Waals surface area contributed by atoms with E-state index in [0.29, 0.717) is 30.0 Å². The summed E-state index contributed by atoms with van der Waals surface area (Å²) in [5.41, 5.74) is 1.13. The van der Waals surface area contributed by atoms with E-state index < -0.39 is 54.0 Å². The summed E-state index contributed by atoms with van der Waals surface area (Å²) < 4.78 is 5.22. The first kappa shape index (κ1) is 34.0. The van der Waals surface area contributed by atoms with Crippen molar-refractivity contribution in [2.45, 2.75) is 78.1 Å². The van der Waals surface area contributed by atoms with Gasteiger partial charge in [0.1, 0.15) is 17.7 Å². The molecule has 16 nitrogen and oxygen atoms in total. The third kappa shape index (κ3) is 9.06. The van der Waals surface area contributed by atoms with Crippen molar-refractivity contribution in [3.05, 3.63) is 46.7 Å². The van der Waals surface area contributed by atoms with Crippen molar-refractivity contribution in [3.63, 3.8) is 0 Å². The van der Waals surface area contributed by atoms with Crippen molar-refractivity contribution in [3.8, 4) is 0 Å². The average Bonchev–Trinajstić information content (AvgIpc) is 3.76. The molecule has 1 aliphatic rings. The fourth-order valence-electron chi connectivity index (χ4n) is 4.73. The first-order valence-corrected chi connectivity index (χ1v) is 15.6. The molecular weight excluding hydrogens is 616 g/mol. The first-order chi connectivity index (χ1) is 21.8. The fourth-order valence-corrected chi connectivity index (χ4v) is 5.43. The lowest BCUT2D eigenvalue weighted by molar-refractivity contribution is -0.131. The van der Waals surface area contributed by atoms with Gasteiger partial charge in [-0.15, -0.1) is 21.5 Å². The summed E-state index contributed by atoms with van der Waals surface area (Å²) in [6.45, 7) is 8.57. The van der Waals surface area contributed by atoms with Crippen LogP contribution < -0.4 is 26.2 Å². The van der Waals surface area contributed by atoms with Crippen LogP contribution in [0.1, 0.15) is 58.1 Å². The summed E-state index contributed by atoms with van der Waals surface area (Å²) in [5.74, 6) is -1.84. The van der Waals surface area contributed by atoms with Gasteiger partial charge in [0.05, 0.1) is 25.2 Å². The predicted molar refractivity (Wildman–Crippen MR) is 168 cm³/mol. The van der Waals surface area contributed by atoms with Gasteiger partial charge in [-0.25, -0.2) is 9.78 Å². The molecule has 0 aliphatic carbocycles. The van der Waals surface area contributed by atoms with E-state index in [2.05, 4.69) is 46.9 Å². The van der Waals surface area contributed by atoms with Crippen LogP contribution in [0.3, 0.4) is 0 Å². The van der Waals surface area contributed by atoms with Crippen molar-refractivity contribution >= 4 is 51.9 Å². The molecule has 0 radical (unpaired) electrons. The Hall–Kier alpha value is -4.93. The van der Waals surface area contributed by atoms with Gasteiger partial charge >= 0.3 is 6.09 Å². The lowest BCUT2D eigenvalue weighted by Gasteiger charge is -2.26. The minimum Gasteiger partial charge on any atom is -0.444 e. The van der Waals surface area contributed by atoms with Gasteiger partial charge in [0.2, 0.25) is 23.6 Å². The number of para-hydroxylation sites is 1. The second kappa shape index (κ2) is 14.9. The first-order valence-electron chi connectivity index (χ1n) is 14.8. The largest absolute Gasteiger partial charge is 0.444 e. The molecule has 0 bridgehead atoms. The molecule has 0 unspecified atom stereocenters. The Labute approximate surface area is 269 Å². The monoisotopic (exact) mass is 654 g/mol. The van der Waals surface area contributed by atoms with E-state index in [4.69, 9.17) is 4.74 Å². The molecule has 0 fully saturated rings. The minimum absolute atomic E-state index is 0.0275. The van der Waals surface area contributed by atoms with E-state index in [0.717, 1.165) is 16.9 Å². The Kier molecular flexibility index (Phi) is 11.0. The Bertz CT molecular complexity index is 1550. The molecule has 0 saturated carbocycles. The van der Waals surface area contributed by atoms with E-state index in [-0.39, 0.29) is 24.0 Å². The molecule has 1 aromatic carbocycles. The summed E-state index contributed by atoms with van der Waals surface area (Å²) >= 11 is 1.14. The number of hydrogen-bond acceptors (Lipinski definition) is 11. The quantitative estimate of drug-likeness (QED) is 0.190. The number of fused-ring (bicyclic) bond motifs is 1. The van der Waals surface area contributed by atoms with Crippen LogP contribution in [0.15, 0.2) is 29.6 Å². The zero-order valence-corrected chi connectivity index (χ0v) is 27.1. The lowest BCUT2D eigenvalue weighted by Crippen LogP contribution is -2.54. The molecule has 5 amide bonds. The number of carbonyl (C=O) groups is 5. The number of hydrogen-bond donors (Lipinski definition) is 5. The van der Waals surface area contributed by atoms with Gasteiger partial charge in [0.25, 0.3) is 0 Å². The number of aromatic amines is 1. The number of amides is 5. The maximum absolute atomic E-state index is 13.5. The molecule has 3 atom stereocenters. The summed E-state index contributed by atoms with van der Waals surface area (Å²) in [5, 5.41) is 26.0. The number of carbonyl (C=O) groups excluding carboxylic acids is 5. The number of H-pyrrole nitrogens is 1. The number of rotatable bonds is 12. The minimum atomic E-state index is -0.928. The maximum atomic E-state index is 13.5. The normalized spacial score (nSPS) is 15.3. The van der Waals surface area contributed by atoms with Crippen LogP contribution in [0.4, 0.5) is 15.6 Å². The SMILES string of the molecule is CC[C@H](C)[C@H](NC(=O)Cc1csc(NC(=O)OC(C)(C)C)n1)C(=O)NCC(=O)N1c2ccccc2C[C@H]1C(=O)NCc1nn[nH]n1. The Morgan fingerprint density at radius 1 is 1.15 bits per heavy atom. The number of nitrogens with zero attached hydrogens (tertiary/aromatic N) is 5. The Balaban J connectivity index is 1.36. The van der Waals surface area contributed by atoms with Gasteiger partial charge in [0.15, 0.2) is 11.0 Å². The van der Waals surface area contributed by atoms with Crippen molar-refractivity contribution in [1.29, 1.82) is 0 Å². The molecule has 46 heavy (non-hydrogen) atoms. The van der Waals surface area contributed by atoms with Crippen molar-refractivity contribution in [1.82, 2.24) is 41.6 Å². The number of aromatic nitrogens is 5. The Morgan fingerprint density at radius 2 is 1.91 bits per heavy atom. The van der Waals surface area contributed by atoms with Crippen LogP contribution in [0.5, 0.6) is 0 Å². The van der Waals surface area contributed by atoms with Gasteiger partial charge in [-0.05, 0) is 38.3 Å². The third-order valence-electron chi connectivity index (χ3n) is 7.08. The molecule has 2 aromatic heterocycles. The summed E-state index contributed by atoms with van der Waals surface area (Å²) in [6.07, 6.45) is 0.0889. The lowest BCUT2D eigenvalue weighted by atomic mass is 9.98. The maximum Gasteiger partial charge on any atom is 0.413 e. The number of thiazole rings is 1. The molecule has 246 valence electrons. The Morgan fingerprint density at radius 3 is 2.61 bits per heavy atom.